The Morgan fingerprint density at radius 3 is 2.84 bits per heavy atom. The molecule has 1 aliphatic rings. The van der Waals surface area contributed by atoms with Crippen LogP contribution in [-0.4, -0.2) is 18.5 Å². The summed E-state index contributed by atoms with van der Waals surface area (Å²) in [7, 11) is 0. The summed E-state index contributed by atoms with van der Waals surface area (Å²) in [5.41, 5.74) is 0.775. The number of ketones is 1. The van der Waals surface area contributed by atoms with Crippen LogP contribution in [0.1, 0.15) is 31.7 Å². The first kappa shape index (κ1) is 14.5. The van der Waals surface area contributed by atoms with Crippen molar-refractivity contribution in [3.05, 3.63) is 34.6 Å². The summed E-state index contributed by atoms with van der Waals surface area (Å²) in [5, 5.41) is 0.0744. The van der Waals surface area contributed by atoms with Gasteiger partial charge in [0.05, 0.1) is 11.1 Å². The number of carbonyl (C=O) groups is 1. The van der Waals surface area contributed by atoms with Crippen molar-refractivity contribution in [2.24, 2.45) is 5.92 Å². The standard InChI is InChI=1S/C15H18ClFO2/c1-2-19-13-7-11(8-13)6-12(18)5-10-3-4-15(17)14(16)9-10/h3-4,9,11,13H,2,5-8H2,1H3. The van der Waals surface area contributed by atoms with Crippen molar-refractivity contribution in [3.63, 3.8) is 0 Å². The molecular formula is C15H18ClFO2. The third-order valence-corrected chi connectivity index (χ3v) is 3.79. The molecule has 0 spiro atoms. The van der Waals surface area contributed by atoms with Gasteiger partial charge >= 0.3 is 0 Å². The monoisotopic (exact) mass is 284 g/mol. The van der Waals surface area contributed by atoms with E-state index in [0.29, 0.717) is 24.9 Å². The van der Waals surface area contributed by atoms with Gasteiger partial charge < -0.3 is 4.74 Å². The van der Waals surface area contributed by atoms with E-state index in [1.807, 2.05) is 6.92 Å². The van der Waals surface area contributed by atoms with Gasteiger partial charge in [-0.2, -0.15) is 0 Å². The van der Waals surface area contributed by atoms with Crippen molar-refractivity contribution in [3.8, 4) is 0 Å². The van der Waals surface area contributed by atoms with Crippen molar-refractivity contribution in [1.82, 2.24) is 0 Å². The highest BCUT2D eigenvalue weighted by atomic mass is 35.5. The molecule has 1 aromatic rings. The molecule has 4 heteroatoms. The molecule has 0 atom stereocenters. The Morgan fingerprint density at radius 1 is 1.47 bits per heavy atom. The first-order valence-corrected chi connectivity index (χ1v) is 7.03. The second-order valence-electron chi connectivity index (χ2n) is 5.08. The SMILES string of the molecule is CCOC1CC(CC(=O)Cc2ccc(F)c(Cl)c2)C1. The summed E-state index contributed by atoms with van der Waals surface area (Å²) in [6.07, 6.45) is 3.20. The van der Waals surface area contributed by atoms with Crippen LogP contribution in [0.5, 0.6) is 0 Å². The average Bonchev–Trinajstić information content (AvgIpc) is 2.31. The fourth-order valence-corrected chi connectivity index (χ4v) is 2.69. The lowest BCUT2D eigenvalue weighted by Gasteiger charge is -2.34. The molecule has 2 rings (SSSR count). The molecule has 0 heterocycles. The highest BCUT2D eigenvalue weighted by Crippen LogP contribution is 2.33. The van der Waals surface area contributed by atoms with Crippen LogP contribution in [0.3, 0.4) is 0 Å². The van der Waals surface area contributed by atoms with Crippen molar-refractivity contribution in [1.29, 1.82) is 0 Å². The van der Waals surface area contributed by atoms with Gasteiger partial charge in [0.1, 0.15) is 11.6 Å². The lowest BCUT2D eigenvalue weighted by Crippen LogP contribution is -2.33. The summed E-state index contributed by atoms with van der Waals surface area (Å²) in [6.45, 7) is 2.72. The number of halogens is 2. The second-order valence-corrected chi connectivity index (χ2v) is 5.49. The summed E-state index contributed by atoms with van der Waals surface area (Å²) < 4.78 is 18.5. The third-order valence-electron chi connectivity index (χ3n) is 3.50. The van der Waals surface area contributed by atoms with E-state index in [-0.39, 0.29) is 10.8 Å². The normalized spacial score (nSPS) is 22.1. The van der Waals surface area contributed by atoms with E-state index in [4.69, 9.17) is 16.3 Å². The molecule has 1 saturated carbocycles. The van der Waals surface area contributed by atoms with Crippen LogP contribution in [0.15, 0.2) is 18.2 Å². The van der Waals surface area contributed by atoms with E-state index in [1.165, 1.54) is 12.1 Å². The van der Waals surface area contributed by atoms with Gasteiger partial charge in [0.25, 0.3) is 0 Å². The molecule has 2 nitrogen and oxygen atoms in total. The Balaban J connectivity index is 1.77. The van der Waals surface area contributed by atoms with Crippen molar-refractivity contribution in [2.75, 3.05) is 6.61 Å². The lowest BCUT2D eigenvalue weighted by molar-refractivity contribution is -0.121. The van der Waals surface area contributed by atoms with Gasteiger partial charge in [-0.3, -0.25) is 4.79 Å². The minimum atomic E-state index is -0.448. The highest BCUT2D eigenvalue weighted by molar-refractivity contribution is 6.30. The van der Waals surface area contributed by atoms with E-state index >= 15 is 0 Å². The largest absolute Gasteiger partial charge is 0.378 e. The van der Waals surface area contributed by atoms with Crippen LogP contribution < -0.4 is 0 Å². The number of hydrogen-bond donors (Lipinski definition) is 0. The first-order chi connectivity index (χ1) is 9.08. The van der Waals surface area contributed by atoms with Gasteiger partial charge in [0, 0.05) is 19.4 Å². The highest BCUT2D eigenvalue weighted by Gasteiger charge is 2.30. The molecule has 0 amide bonds. The van der Waals surface area contributed by atoms with Gasteiger partial charge in [-0.1, -0.05) is 17.7 Å². The Labute approximate surface area is 117 Å². The Kier molecular flexibility index (Phi) is 4.94. The molecule has 0 unspecified atom stereocenters. The second kappa shape index (κ2) is 6.49. The summed E-state index contributed by atoms with van der Waals surface area (Å²) >= 11 is 5.69. The van der Waals surface area contributed by atoms with Crippen molar-refractivity contribution in [2.45, 2.75) is 38.7 Å². The quantitative estimate of drug-likeness (QED) is 0.794. The summed E-state index contributed by atoms with van der Waals surface area (Å²) in [4.78, 5) is 11.9. The smallest absolute Gasteiger partial charge is 0.141 e. The van der Waals surface area contributed by atoms with E-state index in [0.717, 1.165) is 25.0 Å². The Hall–Kier alpha value is -0.930. The van der Waals surface area contributed by atoms with Gasteiger partial charge in [-0.05, 0) is 43.4 Å². The number of rotatable bonds is 6. The molecule has 19 heavy (non-hydrogen) atoms. The molecule has 1 aromatic carbocycles. The van der Waals surface area contributed by atoms with Gasteiger partial charge in [-0.25, -0.2) is 4.39 Å². The van der Waals surface area contributed by atoms with E-state index < -0.39 is 5.82 Å². The van der Waals surface area contributed by atoms with E-state index in [1.54, 1.807) is 6.07 Å². The molecule has 0 saturated heterocycles. The Morgan fingerprint density at radius 2 is 2.21 bits per heavy atom. The lowest BCUT2D eigenvalue weighted by atomic mass is 9.78. The first-order valence-electron chi connectivity index (χ1n) is 6.65. The van der Waals surface area contributed by atoms with Crippen molar-refractivity contribution >= 4 is 17.4 Å². The van der Waals surface area contributed by atoms with Gasteiger partial charge in [-0.15, -0.1) is 0 Å². The number of ether oxygens (including phenoxy) is 1. The van der Waals surface area contributed by atoms with Crippen molar-refractivity contribution < 1.29 is 13.9 Å². The van der Waals surface area contributed by atoms with Gasteiger partial charge in [0.15, 0.2) is 0 Å². The van der Waals surface area contributed by atoms with Crippen LogP contribution in [0.4, 0.5) is 4.39 Å². The van der Waals surface area contributed by atoms with E-state index in [2.05, 4.69) is 0 Å². The molecular weight excluding hydrogens is 267 g/mol. The van der Waals surface area contributed by atoms with Crippen LogP contribution >= 0.6 is 11.6 Å². The van der Waals surface area contributed by atoms with Crippen LogP contribution in [-0.2, 0) is 16.0 Å². The number of carbonyl (C=O) groups excluding carboxylic acids is 1. The number of hydrogen-bond acceptors (Lipinski definition) is 2. The molecule has 0 radical (unpaired) electrons. The number of benzene rings is 1. The van der Waals surface area contributed by atoms with E-state index in [9.17, 15) is 9.18 Å². The van der Waals surface area contributed by atoms with Crippen LogP contribution in [0.2, 0.25) is 5.02 Å². The Bertz CT molecular complexity index is 455. The zero-order chi connectivity index (χ0) is 13.8. The summed E-state index contributed by atoms with van der Waals surface area (Å²) in [6, 6.07) is 4.45. The molecule has 0 N–H and O–H groups in total. The molecule has 1 aliphatic carbocycles. The molecule has 0 bridgehead atoms. The maximum absolute atomic E-state index is 13.0. The third kappa shape index (κ3) is 4.02. The summed E-state index contributed by atoms with van der Waals surface area (Å²) in [5.74, 6) is 0.180. The topological polar surface area (TPSA) is 26.3 Å². The molecule has 104 valence electrons. The minimum Gasteiger partial charge on any atom is -0.378 e. The van der Waals surface area contributed by atoms with Gasteiger partial charge in [0.2, 0.25) is 0 Å². The maximum atomic E-state index is 13.0. The zero-order valence-electron chi connectivity index (χ0n) is 11.0. The van der Waals surface area contributed by atoms with Crippen LogP contribution in [0, 0.1) is 11.7 Å². The maximum Gasteiger partial charge on any atom is 0.141 e. The number of Topliss-reactive ketones (excluding diaryl/α,β-unsaturated/α-hetero) is 1. The minimum absolute atomic E-state index is 0.0744. The predicted octanol–water partition coefficient (Wildman–Crippen LogP) is 3.80. The fraction of sp³-hybridized carbons (Fsp3) is 0.533. The molecule has 1 fully saturated rings. The zero-order valence-corrected chi connectivity index (χ0v) is 11.8. The van der Waals surface area contributed by atoms with Crippen LogP contribution in [0.25, 0.3) is 0 Å². The predicted molar refractivity (Wildman–Crippen MR) is 72.9 cm³/mol. The average molecular weight is 285 g/mol. The molecule has 0 aliphatic heterocycles. The fourth-order valence-electron chi connectivity index (χ4n) is 2.48. The molecule has 0 aromatic heterocycles.